The molecule has 0 spiro atoms. The molecule has 0 aromatic heterocycles. The number of aliphatic hydroxyl groups is 1. The van der Waals surface area contributed by atoms with Crippen LogP contribution in [0.1, 0.15) is 39.5 Å². The highest BCUT2D eigenvalue weighted by atomic mass is 16.3. The zero-order valence-electron chi connectivity index (χ0n) is 8.92. The van der Waals surface area contributed by atoms with Crippen molar-refractivity contribution >= 4 is 5.78 Å². The first-order chi connectivity index (χ1) is 6.53. The van der Waals surface area contributed by atoms with Crippen molar-refractivity contribution in [1.82, 2.24) is 0 Å². The molecule has 0 aliphatic heterocycles. The topological polar surface area (TPSA) is 37.3 Å². The van der Waals surface area contributed by atoms with Gasteiger partial charge in [-0.15, -0.1) is 0 Å². The molecule has 2 aliphatic carbocycles. The van der Waals surface area contributed by atoms with E-state index in [0.717, 1.165) is 24.8 Å². The standard InChI is InChI=1S/C12H18O2/c1-8-3-5-12(2)6-4-9(13)7-10(12)11(8)14/h7-8,11,14H,3-6H2,1-2H3/t8-,11-,12-/m0/s1. The molecular weight excluding hydrogens is 176 g/mol. The monoisotopic (exact) mass is 194 g/mol. The van der Waals surface area contributed by atoms with E-state index in [1.165, 1.54) is 0 Å². The zero-order chi connectivity index (χ0) is 10.3. The Bertz CT molecular complexity index is 293. The van der Waals surface area contributed by atoms with Crippen molar-refractivity contribution in [3.63, 3.8) is 0 Å². The van der Waals surface area contributed by atoms with Crippen LogP contribution < -0.4 is 0 Å². The lowest BCUT2D eigenvalue weighted by Gasteiger charge is -2.44. The quantitative estimate of drug-likeness (QED) is 0.641. The molecule has 1 N–H and O–H groups in total. The molecule has 0 saturated heterocycles. The molecule has 0 unspecified atom stereocenters. The van der Waals surface area contributed by atoms with Crippen LogP contribution in [0.15, 0.2) is 11.6 Å². The van der Waals surface area contributed by atoms with Gasteiger partial charge in [-0.2, -0.15) is 0 Å². The smallest absolute Gasteiger partial charge is 0.155 e. The molecule has 0 aromatic carbocycles. The summed E-state index contributed by atoms with van der Waals surface area (Å²) in [4.78, 5) is 11.3. The average molecular weight is 194 g/mol. The molecule has 78 valence electrons. The first-order valence-corrected chi connectivity index (χ1v) is 5.46. The summed E-state index contributed by atoms with van der Waals surface area (Å²) in [5.41, 5.74) is 1.09. The Balaban J connectivity index is 2.35. The molecule has 0 radical (unpaired) electrons. The number of ketones is 1. The lowest BCUT2D eigenvalue weighted by Crippen LogP contribution is -2.39. The molecule has 1 saturated carbocycles. The van der Waals surface area contributed by atoms with Crippen molar-refractivity contribution in [2.75, 3.05) is 0 Å². The summed E-state index contributed by atoms with van der Waals surface area (Å²) >= 11 is 0. The minimum atomic E-state index is -0.391. The number of rotatable bonds is 0. The Kier molecular flexibility index (Phi) is 2.26. The van der Waals surface area contributed by atoms with Crippen LogP contribution in [0.3, 0.4) is 0 Å². The predicted molar refractivity (Wildman–Crippen MR) is 54.8 cm³/mol. The van der Waals surface area contributed by atoms with E-state index in [-0.39, 0.29) is 11.2 Å². The second-order valence-electron chi connectivity index (χ2n) is 5.09. The molecule has 2 rings (SSSR count). The maximum absolute atomic E-state index is 11.3. The highest BCUT2D eigenvalue weighted by Crippen LogP contribution is 2.48. The fourth-order valence-electron chi connectivity index (χ4n) is 2.69. The Hall–Kier alpha value is -0.630. The van der Waals surface area contributed by atoms with E-state index in [1.54, 1.807) is 6.08 Å². The van der Waals surface area contributed by atoms with Gasteiger partial charge in [0.15, 0.2) is 5.78 Å². The van der Waals surface area contributed by atoms with Crippen LogP contribution >= 0.6 is 0 Å². The summed E-state index contributed by atoms with van der Waals surface area (Å²) in [5, 5.41) is 10.0. The van der Waals surface area contributed by atoms with Gasteiger partial charge >= 0.3 is 0 Å². The Morgan fingerprint density at radius 1 is 1.50 bits per heavy atom. The minimum Gasteiger partial charge on any atom is -0.388 e. The first-order valence-electron chi connectivity index (χ1n) is 5.46. The van der Waals surface area contributed by atoms with Crippen molar-refractivity contribution in [3.8, 4) is 0 Å². The van der Waals surface area contributed by atoms with Gasteiger partial charge in [0.2, 0.25) is 0 Å². The lowest BCUT2D eigenvalue weighted by molar-refractivity contribution is -0.116. The number of aliphatic hydroxyl groups excluding tert-OH is 1. The molecule has 3 atom stereocenters. The summed E-state index contributed by atoms with van der Waals surface area (Å²) in [6, 6.07) is 0. The van der Waals surface area contributed by atoms with E-state index in [4.69, 9.17) is 0 Å². The zero-order valence-corrected chi connectivity index (χ0v) is 8.92. The third-order valence-corrected chi connectivity index (χ3v) is 3.95. The van der Waals surface area contributed by atoms with Crippen molar-refractivity contribution < 1.29 is 9.90 Å². The second-order valence-corrected chi connectivity index (χ2v) is 5.09. The number of carbonyl (C=O) groups is 1. The van der Waals surface area contributed by atoms with Gasteiger partial charge in [-0.25, -0.2) is 0 Å². The number of hydrogen-bond acceptors (Lipinski definition) is 2. The van der Waals surface area contributed by atoms with Gasteiger partial charge in [0.05, 0.1) is 6.10 Å². The van der Waals surface area contributed by atoms with E-state index in [9.17, 15) is 9.90 Å². The molecule has 0 aromatic rings. The molecule has 2 aliphatic rings. The van der Waals surface area contributed by atoms with E-state index >= 15 is 0 Å². The minimum absolute atomic E-state index is 0.0971. The van der Waals surface area contributed by atoms with Crippen molar-refractivity contribution in [2.45, 2.75) is 45.6 Å². The summed E-state index contributed by atoms with van der Waals surface area (Å²) in [5.74, 6) is 0.492. The molecule has 2 nitrogen and oxygen atoms in total. The molecule has 0 bridgehead atoms. The lowest BCUT2D eigenvalue weighted by atomic mass is 9.62. The van der Waals surface area contributed by atoms with Crippen LogP contribution in [0.5, 0.6) is 0 Å². The average Bonchev–Trinajstić information content (AvgIpc) is 2.16. The third kappa shape index (κ3) is 1.42. The maximum Gasteiger partial charge on any atom is 0.155 e. The van der Waals surface area contributed by atoms with Crippen molar-refractivity contribution in [3.05, 3.63) is 11.6 Å². The fourth-order valence-corrected chi connectivity index (χ4v) is 2.69. The van der Waals surface area contributed by atoms with Crippen molar-refractivity contribution in [2.24, 2.45) is 11.3 Å². The van der Waals surface area contributed by atoms with E-state index in [2.05, 4.69) is 13.8 Å². The van der Waals surface area contributed by atoms with E-state index in [1.807, 2.05) is 0 Å². The number of carbonyl (C=O) groups excluding carboxylic acids is 1. The van der Waals surface area contributed by atoms with Gasteiger partial charge in [-0.3, -0.25) is 4.79 Å². The molecular formula is C12H18O2. The Morgan fingerprint density at radius 3 is 2.93 bits per heavy atom. The van der Waals surface area contributed by atoms with Crippen LogP contribution in [0.25, 0.3) is 0 Å². The molecule has 2 heteroatoms. The highest BCUT2D eigenvalue weighted by Gasteiger charge is 2.41. The van der Waals surface area contributed by atoms with Crippen LogP contribution in [0.4, 0.5) is 0 Å². The molecule has 14 heavy (non-hydrogen) atoms. The largest absolute Gasteiger partial charge is 0.388 e. The van der Waals surface area contributed by atoms with E-state index < -0.39 is 6.10 Å². The van der Waals surface area contributed by atoms with Gasteiger partial charge in [-0.1, -0.05) is 13.8 Å². The number of hydrogen-bond donors (Lipinski definition) is 1. The highest BCUT2D eigenvalue weighted by molar-refractivity contribution is 5.91. The van der Waals surface area contributed by atoms with Gasteiger partial charge in [0.1, 0.15) is 0 Å². The third-order valence-electron chi connectivity index (χ3n) is 3.95. The van der Waals surface area contributed by atoms with Crippen LogP contribution in [0.2, 0.25) is 0 Å². The van der Waals surface area contributed by atoms with Crippen molar-refractivity contribution in [1.29, 1.82) is 0 Å². The maximum atomic E-state index is 11.3. The van der Waals surface area contributed by atoms with Crippen LogP contribution in [-0.2, 0) is 4.79 Å². The first kappa shape index (κ1) is 9.91. The molecule has 0 heterocycles. The fraction of sp³-hybridized carbons (Fsp3) is 0.750. The second kappa shape index (κ2) is 3.20. The van der Waals surface area contributed by atoms with Gasteiger partial charge in [0, 0.05) is 6.42 Å². The predicted octanol–water partition coefficient (Wildman–Crippen LogP) is 2.07. The molecule has 1 fully saturated rings. The Morgan fingerprint density at radius 2 is 2.21 bits per heavy atom. The normalized spacial score (nSPS) is 43.1. The van der Waals surface area contributed by atoms with Gasteiger partial charge < -0.3 is 5.11 Å². The van der Waals surface area contributed by atoms with Crippen LogP contribution in [0, 0.1) is 11.3 Å². The summed E-state index contributed by atoms with van der Waals surface area (Å²) in [6.07, 6.45) is 5.07. The number of allylic oxidation sites excluding steroid dienone is 1. The summed E-state index contributed by atoms with van der Waals surface area (Å²) in [6.45, 7) is 4.24. The van der Waals surface area contributed by atoms with Crippen LogP contribution in [-0.4, -0.2) is 17.0 Å². The summed E-state index contributed by atoms with van der Waals surface area (Å²) < 4.78 is 0. The number of fused-ring (bicyclic) bond motifs is 1. The Labute approximate surface area is 85.0 Å². The summed E-state index contributed by atoms with van der Waals surface area (Å²) in [7, 11) is 0. The van der Waals surface area contributed by atoms with E-state index in [0.29, 0.717) is 12.3 Å². The van der Waals surface area contributed by atoms with Gasteiger partial charge in [-0.05, 0) is 42.2 Å². The molecule has 0 amide bonds. The SMILES string of the molecule is C[C@H]1CC[C@@]2(C)CCC(=O)C=C2[C@H]1O. The van der Waals surface area contributed by atoms with Gasteiger partial charge in [0.25, 0.3) is 0 Å².